The third kappa shape index (κ3) is 4.91. The van der Waals surface area contributed by atoms with E-state index in [0.717, 1.165) is 37.3 Å². The summed E-state index contributed by atoms with van der Waals surface area (Å²) in [6.07, 6.45) is 6.76. The van der Waals surface area contributed by atoms with Gasteiger partial charge in [-0.3, -0.25) is 4.79 Å². The molecule has 1 saturated carbocycles. The standard InChI is InChI=1S/C18H28N4OS2/c1-3-19-18(21-14-4-5-15(10-14)24-2)20-11-17(23)22-8-6-16-13(12-22)7-9-25-16/h7,9,14-15H,3-6,8,10-12H2,1-2H3,(H2,19,20,21). The van der Waals surface area contributed by atoms with Crippen molar-refractivity contribution in [2.75, 3.05) is 25.9 Å². The van der Waals surface area contributed by atoms with E-state index < -0.39 is 0 Å². The quantitative estimate of drug-likeness (QED) is 0.609. The van der Waals surface area contributed by atoms with E-state index in [9.17, 15) is 4.79 Å². The molecular weight excluding hydrogens is 352 g/mol. The fourth-order valence-corrected chi connectivity index (χ4v) is 5.19. The Kier molecular flexibility index (Phi) is 6.64. The molecule has 1 fully saturated rings. The van der Waals surface area contributed by atoms with E-state index in [0.29, 0.717) is 6.04 Å². The van der Waals surface area contributed by atoms with E-state index in [-0.39, 0.29) is 12.5 Å². The Morgan fingerprint density at radius 2 is 2.36 bits per heavy atom. The zero-order chi connectivity index (χ0) is 17.6. The van der Waals surface area contributed by atoms with Crippen LogP contribution in [0.15, 0.2) is 16.4 Å². The molecule has 2 N–H and O–H groups in total. The second kappa shape index (κ2) is 8.94. The molecule has 2 heterocycles. The van der Waals surface area contributed by atoms with E-state index in [1.165, 1.54) is 29.7 Å². The molecule has 2 aliphatic rings. The van der Waals surface area contributed by atoms with Crippen molar-refractivity contribution in [1.29, 1.82) is 0 Å². The fraction of sp³-hybridized carbons (Fsp3) is 0.667. The lowest BCUT2D eigenvalue weighted by atomic mass is 10.1. The highest BCUT2D eigenvalue weighted by atomic mass is 32.2. The average Bonchev–Trinajstić information content (AvgIpc) is 3.27. The van der Waals surface area contributed by atoms with E-state index in [1.54, 1.807) is 11.3 Å². The lowest BCUT2D eigenvalue weighted by Gasteiger charge is -2.26. The Morgan fingerprint density at radius 3 is 3.12 bits per heavy atom. The van der Waals surface area contributed by atoms with Gasteiger partial charge in [0.15, 0.2) is 5.96 Å². The summed E-state index contributed by atoms with van der Waals surface area (Å²) in [5.74, 6) is 0.887. The number of carbonyl (C=O) groups is 1. The van der Waals surface area contributed by atoms with E-state index >= 15 is 0 Å². The molecule has 1 amide bonds. The molecule has 7 heteroatoms. The first-order valence-electron chi connectivity index (χ1n) is 9.10. The highest BCUT2D eigenvalue weighted by Gasteiger charge is 2.25. The Morgan fingerprint density at radius 1 is 1.48 bits per heavy atom. The minimum atomic E-state index is 0.113. The molecule has 2 atom stereocenters. The highest BCUT2D eigenvalue weighted by molar-refractivity contribution is 7.99. The number of carbonyl (C=O) groups excluding carboxylic acids is 1. The van der Waals surface area contributed by atoms with Crippen molar-refractivity contribution >= 4 is 35.0 Å². The first-order valence-corrected chi connectivity index (χ1v) is 11.3. The molecule has 1 aliphatic heterocycles. The maximum atomic E-state index is 12.5. The lowest BCUT2D eigenvalue weighted by Crippen LogP contribution is -2.43. The zero-order valence-electron chi connectivity index (χ0n) is 15.1. The van der Waals surface area contributed by atoms with Gasteiger partial charge in [-0.2, -0.15) is 11.8 Å². The van der Waals surface area contributed by atoms with Crippen molar-refractivity contribution in [3.63, 3.8) is 0 Å². The van der Waals surface area contributed by atoms with Gasteiger partial charge in [0.1, 0.15) is 6.54 Å². The van der Waals surface area contributed by atoms with Crippen molar-refractivity contribution in [1.82, 2.24) is 15.5 Å². The Hall–Kier alpha value is -1.21. The van der Waals surface area contributed by atoms with Gasteiger partial charge in [-0.1, -0.05) is 0 Å². The highest BCUT2D eigenvalue weighted by Crippen LogP contribution is 2.28. The maximum absolute atomic E-state index is 12.5. The predicted molar refractivity (Wildman–Crippen MR) is 107 cm³/mol. The third-order valence-corrected chi connectivity index (χ3v) is 7.05. The van der Waals surface area contributed by atoms with Gasteiger partial charge in [0.25, 0.3) is 0 Å². The number of thioether (sulfide) groups is 1. The summed E-state index contributed by atoms with van der Waals surface area (Å²) in [6.45, 7) is 4.62. The summed E-state index contributed by atoms with van der Waals surface area (Å²) < 4.78 is 0. The molecule has 0 bridgehead atoms. The number of hydrogen-bond donors (Lipinski definition) is 2. The molecule has 0 saturated heterocycles. The molecule has 0 aromatic carbocycles. The second-order valence-electron chi connectivity index (χ2n) is 6.64. The average molecular weight is 381 g/mol. The van der Waals surface area contributed by atoms with E-state index in [1.807, 2.05) is 16.7 Å². The van der Waals surface area contributed by atoms with Crippen molar-refractivity contribution in [3.05, 3.63) is 21.9 Å². The second-order valence-corrected chi connectivity index (χ2v) is 8.78. The van der Waals surface area contributed by atoms with Crippen LogP contribution in [0.1, 0.15) is 36.6 Å². The van der Waals surface area contributed by atoms with E-state index in [2.05, 4.69) is 40.3 Å². The van der Waals surface area contributed by atoms with Crippen molar-refractivity contribution in [2.45, 2.75) is 50.4 Å². The van der Waals surface area contributed by atoms with Gasteiger partial charge in [0.05, 0.1) is 0 Å². The summed E-state index contributed by atoms with van der Waals surface area (Å²) in [5, 5.41) is 9.65. The zero-order valence-corrected chi connectivity index (χ0v) is 16.7. The molecule has 25 heavy (non-hydrogen) atoms. The van der Waals surface area contributed by atoms with Crippen LogP contribution in [0.5, 0.6) is 0 Å². The van der Waals surface area contributed by atoms with Crippen LogP contribution in [0.2, 0.25) is 0 Å². The molecule has 3 rings (SSSR count). The Balaban J connectivity index is 1.53. The summed E-state index contributed by atoms with van der Waals surface area (Å²) in [4.78, 5) is 20.4. The minimum Gasteiger partial charge on any atom is -0.357 e. The van der Waals surface area contributed by atoms with Gasteiger partial charge >= 0.3 is 0 Å². The van der Waals surface area contributed by atoms with Gasteiger partial charge < -0.3 is 15.5 Å². The number of nitrogens with zero attached hydrogens (tertiary/aromatic N) is 2. The fourth-order valence-electron chi connectivity index (χ4n) is 3.51. The summed E-state index contributed by atoms with van der Waals surface area (Å²) in [6, 6.07) is 2.60. The van der Waals surface area contributed by atoms with E-state index in [4.69, 9.17) is 0 Å². The van der Waals surface area contributed by atoms with Gasteiger partial charge in [-0.05, 0) is 55.9 Å². The van der Waals surface area contributed by atoms with Gasteiger partial charge in [-0.15, -0.1) is 11.3 Å². The molecule has 138 valence electrons. The minimum absolute atomic E-state index is 0.113. The number of guanidine groups is 1. The van der Waals surface area contributed by atoms with Gasteiger partial charge in [-0.25, -0.2) is 4.99 Å². The van der Waals surface area contributed by atoms with Crippen molar-refractivity contribution < 1.29 is 4.79 Å². The first-order chi connectivity index (χ1) is 12.2. The van der Waals surface area contributed by atoms with Crippen LogP contribution < -0.4 is 10.6 Å². The first kappa shape index (κ1) is 18.6. The van der Waals surface area contributed by atoms with Gasteiger partial charge in [0, 0.05) is 35.8 Å². The monoisotopic (exact) mass is 380 g/mol. The lowest BCUT2D eigenvalue weighted by molar-refractivity contribution is -0.130. The molecule has 0 radical (unpaired) electrons. The van der Waals surface area contributed by atoms with Crippen LogP contribution in [0, 0.1) is 0 Å². The smallest absolute Gasteiger partial charge is 0.244 e. The number of amides is 1. The maximum Gasteiger partial charge on any atom is 0.244 e. The molecule has 1 aromatic rings. The van der Waals surface area contributed by atoms with Crippen LogP contribution in [0.25, 0.3) is 0 Å². The number of aliphatic imine (C=N–C) groups is 1. The van der Waals surface area contributed by atoms with Crippen LogP contribution in [-0.2, 0) is 17.8 Å². The third-order valence-electron chi connectivity index (χ3n) is 4.94. The molecule has 2 unspecified atom stereocenters. The SMILES string of the molecule is CCNC(=NCC(=O)N1CCc2sccc2C1)NC1CCC(SC)C1. The normalized spacial score (nSPS) is 23.4. The largest absolute Gasteiger partial charge is 0.357 e. The summed E-state index contributed by atoms with van der Waals surface area (Å²) >= 11 is 3.74. The van der Waals surface area contributed by atoms with Gasteiger partial charge in [0.2, 0.25) is 5.91 Å². The van der Waals surface area contributed by atoms with Crippen LogP contribution in [0.4, 0.5) is 0 Å². The Bertz CT molecular complexity index is 616. The molecule has 5 nitrogen and oxygen atoms in total. The number of rotatable bonds is 5. The van der Waals surface area contributed by atoms with Crippen LogP contribution >= 0.6 is 23.1 Å². The summed E-state index contributed by atoms with van der Waals surface area (Å²) in [7, 11) is 0. The van der Waals surface area contributed by atoms with Crippen LogP contribution in [0.3, 0.4) is 0 Å². The Labute approximate surface area is 158 Å². The molecule has 0 spiro atoms. The molecular formula is C18H28N4OS2. The number of nitrogens with one attached hydrogen (secondary N) is 2. The summed E-state index contributed by atoms with van der Waals surface area (Å²) in [5.41, 5.74) is 1.30. The predicted octanol–water partition coefficient (Wildman–Crippen LogP) is 2.47. The molecule has 1 aliphatic carbocycles. The van der Waals surface area contributed by atoms with Crippen molar-refractivity contribution in [2.24, 2.45) is 4.99 Å². The number of thiophene rings is 1. The molecule has 1 aromatic heterocycles. The van der Waals surface area contributed by atoms with Crippen molar-refractivity contribution in [3.8, 4) is 0 Å². The number of hydrogen-bond acceptors (Lipinski definition) is 4. The number of fused-ring (bicyclic) bond motifs is 1. The topological polar surface area (TPSA) is 56.7 Å². The van der Waals surface area contributed by atoms with Crippen LogP contribution in [-0.4, -0.2) is 53.9 Å².